The van der Waals surface area contributed by atoms with Gasteiger partial charge in [0.05, 0.1) is 10.6 Å². The molecule has 0 unspecified atom stereocenters. The number of carbonyl (C=O) groups excluding carboxylic acids is 1. The Labute approximate surface area is 63.6 Å². The van der Waals surface area contributed by atoms with Crippen LogP contribution in [0.2, 0.25) is 5.02 Å². The lowest BCUT2D eigenvalue weighted by atomic mass is 10.2. The molecule has 0 spiro atoms. The van der Waals surface area contributed by atoms with Gasteiger partial charge in [0.1, 0.15) is 0 Å². The van der Waals surface area contributed by atoms with Gasteiger partial charge in [0, 0.05) is 0 Å². The number of amides is 1. The maximum absolute atomic E-state index is 10.4. The summed E-state index contributed by atoms with van der Waals surface area (Å²) in [6.07, 6.45) is 0. The molecule has 0 saturated heterocycles. The van der Waals surface area contributed by atoms with E-state index in [-0.39, 0.29) is 0 Å². The van der Waals surface area contributed by atoms with E-state index in [0.717, 1.165) is 0 Å². The van der Waals surface area contributed by atoms with Crippen LogP contribution in [0.4, 0.5) is 0 Å². The minimum atomic E-state index is -0.520. The van der Waals surface area contributed by atoms with Crippen molar-refractivity contribution in [1.82, 2.24) is 0 Å². The molecule has 50 valence electrons. The van der Waals surface area contributed by atoms with Crippen molar-refractivity contribution >= 4 is 17.5 Å². The molecule has 0 aliphatic heterocycles. The summed E-state index contributed by atoms with van der Waals surface area (Å²) >= 11 is 5.48. The Bertz CT molecular complexity index is 242. The molecule has 0 bridgehead atoms. The van der Waals surface area contributed by atoms with Crippen LogP contribution in [0.25, 0.3) is 0 Å². The van der Waals surface area contributed by atoms with E-state index in [1.54, 1.807) is 0 Å². The Hall–Kier alpha value is -1.20. The van der Waals surface area contributed by atoms with E-state index in [2.05, 4.69) is 12.1 Å². The molecule has 2 N–H and O–H groups in total. The van der Waals surface area contributed by atoms with Crippen molar-refractivity contribution < 1.29 is 4.79 Å². The molecule has 0 fully saturated rings. The van der Waals surface area contributed by atoms with Crippen molar-refractivity contribution in [2.24, 2.45) is 5.73 Å². The normalized spacial score (nSPS) is 8.50. The molecular formula is C7H4ClNO. The van der Waals surface area contributed by atoms with Crippen LogP contribution in [0, 0.1) is 12.1 Å². The van der Waals surface area contributed by atoms with E-state index in [1.807, 2.05) is 0 Å². The van der Waals surface area contributed by atoms with Crippen molar-refractivity contribution in [3.8, 4) is 0 Å². The number of hydrogen-bond acceptors (Lipinski definition) is 1. The van der Waals surface area contributed by atoms with Crippen LogP contribution in [0.1, 0.15) is 10.4 Å². The van der Waals surface area contributed by atoms with Crippen molar-refractivity contribution in [3.05, 3.63) is 34.9 Å². The second kappa shape index (κ2) is 2.59. The summed E-state index contributed by atoms with van der Waals surface area (Å²) in [6, 6.07) is 8.07. The van der Waals surface area contributed by atoms with Crippen molar-refractivity contribution in [3.63, 3.8) is 0 Å². The Morgan fingerprint density at radius 2 is 2.20 bits per heavy atom. The van der Waals surface area contributed by atoms with Crippen LogP contribution in [0.15, 0.2) is 12.1 Å². The largest absolute Gasteiger partial charge is 0.365 e. The Morgan fingerprint density at radius 3 is 2.60 bits per heavy atom. The van der Waals surface area contributed by atoms with Gasteiger partial charge in [-0.15, -0.1) is 0 Å². The highest BCUT2D eigenvalue weighted by molar-refractivity contribution is 6.30. The number of rotatable bonds is 1. The molecule has 1 aromatic rings. The molecule has 3 heteroatoms. The monoisotopic (exact) mass is 153 g/mol. The van der Waals surface area contributed by atoms with Gasteiger partial charge in [0.15, 0.2) is 0 Å². The molecule has 10 heavy (non-hydrogen) atoms. The van der Waals surface area contributed by atoms with Crippen molar-refractivity contribution in [2.75, 3.05) is 0 Å². The summed E-state index contributed by atoms with van der Waals surface area (Å²) < 4.78 is 0. The second-order valence-electron chi connectivity index (χ2n) is 1.71. The third-order valence-electron chi connectivity index (χ3n) is 0.978. The molecule has 0 saturated carbocycles. The van der Waals surface area contributed by atoms with Crippen molar-refractivity contribution in [2.45, 2.75) is 0 Å². The van der Waals surface area contributed by atoms with Crippen molar-refractivity contribution in [1.29, 1.82) is 0 Å². The summed E-state index contributed by atoms with van der Waals surface area (Å²) in [5.74, 6) is -0.520. The predicted octanol–water partition coefficient (Wildman–Crippen LogP) is 1.04. The topological polar surface area (TPSA) is 43.1 Å². The maximum atomic E-state index is 10.4. The number of nitrogens with two attached hydrogens (primary N) is 1. The van der Waals surface area contributed by atoms with Gasteiger partial charge in [0.2, 0.25) is 0 Å². The standard InChI is InChI=1S/C7H4ClNO/c8-6-3-1-5(2-4-6)7(9)10/h1,3H,(H2,9,10). The molecule has 0 heterocycles. The minimum absolute atomic E-state index is 0.296. The van der Waals surface area contributed by atoms with Gasteiger partial charge >= 0.3 is 0 Å². The Balaban J connectivity index is 3.00. The zero-order valence-electron chi connectivity index (χ0n) is 5.02. The first-order chi connectivity index (χ1) is 4.70. The Kier molecular flexibility index (Phi) is 1.79. The maximum Gasteiger partial charge on any atom is 0.257 e. The van der Waals surface area contributed by atoms with Gasteiger partial charge in [-0.2, -0.15) is 0 Å². The smallest absolute Gasteiger partial charge is 0.257 e. The fourth-order valence-corrected chi connectivity index (χ4v) is 0.621. The minimum Gasteiger partial charge on any atom is -0.365 e. The van der Waals surface area contributed by atoms with E-state index < -0.39 is 5.91 Å². The highest BCUT2D eigenvalue weighted by Crippen LogP contribution is 2.02. The fourth-order valence-electron chi connectivity index (χ4n) is 0.511. The molecular weight excluding hydrogens is 150 g/mol. The van der Waals surface area contributed by atoms with Gasteiger partial charge in [-0.3, -0.25) is 4.79 Å². The van der Waals surface area contributed by atoms with Crippen LogP contribution in [-0.4, -0.2) is 5.91 Å². The lowest BCUT2D eigenvalue weighted by molar-refractivity contribution is 0.100. The van der Waals surface area contributed by atoms with Crippen LogP contribution in [0.5, 0.6) is 0 Å². The van der Waals surface area contributed by atoms with Gasteiger partial charge < -0.3 is 5.73 Å². The summed E-state index contributed by atoms with van der Waals surface area (Å²) in [4.78, 5) is 10.4. The third-order valence-corrected chi connectivity index (χ3v) is 1.20. The summed E-state index contributed by atoms with van der Waals surface area (Å²) in [7, 11) is 0. The first-order valence-corrected chi connectivity index (χ1v) is 2.97. The molecule has 2 nitrogen and oxygen atoms in total. The Morgan fingerprint density at radius 1 is 1.50 bits per heavy atom. The summed E-state index contributed by atoms with van der Waals surface area (Å²) in [5.41, 5.74) is 5.23. The van der Waals surface area contributed by atoms with E-state index in [4.69, 9.17) is 17.3 Å². The third kappa shape index (κ3) is 1.40. The van der Waals surface area contributed by atoms with Crippen LogP contribution in [0.3, 0.4) is 0 Å². The molecule has 0 atom stereocenters. The lowest BCUT2D eigenvalue weighted by Gasteiger charge is -1.86. The van der Waals surface area contributed by atoms with Gasteiger partial charge in [-0.1, -0.05) is 17.7 Å². The summed E-state index contributed by atoms with van der Waals surface area (Å²) in [5, 5.41) is 0.421. The van der Waals surface area contributed by atoms with Crippen LogP contribution in [-0.2, 0) is 0 Å². The molecule has 0 aliphatic carbocycles. The van der Waals surface area contributed by atoms with Crippen LogP contribution < -0.4 is 5.73 Å². The van der Waals surface area contributed by atoms with Gasteiger partial charge in [-0.05, 0) is 18.2 Å². The van der Waals surface area contributed by atoms with E-state index >= 15 is 0 Å². The second-order valence-corrected chi connectivity index (χ2v) is 2.12. The highest BCUT2D eigenvalue weighted by atomic mass is 35.5. The lowest BCUT2D eigenvalue weighted by Crippen LogP contribution is -2.09. The zero-order chi connectivity index (χ0) is 7.56. The van der Waals surface area contributed by atoms with E-state index in [1.165, 1.54) is 12.1 Å². The SMILES string of the molecule is NC(=O)c1c#cc(Cl)cc1. The number of carbonyl (C=O) groups is 1. The summed E-state index contributed by atoms with van der Waals surface area (Å²) in [6.45, 7) is 0. The van der Waals surface area contributed by atoms with E-state index in [9.17, 15) is 4.79 Å². The molecule has 0 radical (unpaired) electrons. The first kappa shape index (κ1) is 6.91. The number of hydrogen-bond donors (Lipinski definition) is 1. The number of halogens is 1. The zero-order valence-corrected chi connectivity index (χ0v) is 5.77. The van der Waals surface area contributed by atoms with Crippen LogP contribution >= 0.6 is 11.6 Å². The average Bonchev–Trinajstić information content (AvgIpc) is 1.88. The molecule has 1 aromatic carbocycles. The quantitative estimate of drug-likeness (QED) is 0.644. The first-order valence-electron chi connectivity index (χ1n) is 2.59. The number of primary amides is 1. The van der Waals surface area contributed by atoms with Gasteiger partial charge in [0.25, 0.3) is 5.91 Å². The molecule has 1 amide bonds. The van der Waals surface area contributed by atoms with E-state index in [0.29, 0.717) is 10.6 Å². The van der Waals surface area contributed by atoms with Gasteiger partial charge in [-0.25, -0.2) is 0 Å². The highest BCUT2D eigenvalue weighted by Gasteiger charge is 1.95. The molecule has 1 rings (SSSR count). The predicted molar refractivity (Wildman–Crippen MR) is 37.6 cm³/mol. The molecule has 0 aromatic heterocycles. The fraction of sp³-hybridized carbons (Fsp3) is 0. The average molecular weight is 154 g/mol. The molecule has 0 aliphatic rings.